The highest BCUT2D eigenvalue weighted by molar-refractivity contribution is 5.98. The molecule has 3 aromatic rings. The topological polar surface area (TPSA) is 120 Å². The first-order valence-corrected chi connectivity index (χ1v) is 8.91. The van der Waals surface area contributed by atoms with Gasteiger partial charge in [-0.15, -0.1) is 0 Å². The Hall–Kier alpha value is -4.01. The number of nitrogens with one attached hydrogen (secondary N) is 1. The van der Waals surface area contributed by atoms with E-state index in [2.05, 4.69) is 10.5 Å². The number of nitrogens with zero attached hydrogens (tertiary/aromatic N) is 1. The highest BCUT2D eigenvalue weighted by atomic mass is 16.5. The molecule has 0 saturated heterocycles. The standard InChI is InChI=1S/C21H20N2O7/c1-12(21(25)26)29-19-14(7-5-9-16(19)28-3)11-22-23-20(24)17-10-13-6-4-8-15(27-2)18(13)30-17/h4-12H,1-3H3,(H,23,24)(H,25,26)/b22-11-/t12-/m1/s1. The molecule has 2 aromatic carbocycles. The average Bonchev–Trinajstić information content (AvgIpc) is 3.19. The maximum Gasteiger partial charge on any atom is 0.344 e. The van der Waals surface area contributed by atoms with E-state index in [-0.39, 0.29) is 11.5 Å². The van der Waals surface area contributed by atoms with Gasteiger partial charge in [-0.25, -0.2) is 10.2 Å². The van der Waals surface area contributed by atoms with Crippen LogP contribution in [-0.2, 0) is 4.79 Å². The quantitative estimate of drug-likeness (QED) is 0.431. The summed E-state index contributed by atoms with van der Waals surface area (Å²) in [5.41, 5.74) is 3.25. The lowest BCUT2D eigenvalue weighted by atomic mass is 10.2. The number of hydrazone groups is 1. The second-order valence-electron chi connectivity index (χ2n) is 6.17. The number of ether oxygens (including phenoxy) is 3. The number of hydrogen-bond donors (Lipinski definition) is 2. The predicted molar refractivity (Wildman–Crippen MR) is 109 cm³/mol. The van der Waals surface area contributed by atoms with Crippen molar-refractivity contribution >= 4 is 29.1 Å². The van der Waals surface area contributed by atoms with Crippen molar-refractivity contribution in [1.82, 2.24) is 5.43 Å². The van der Waals surface area contributed by atoms with Crippen molar-refractivity contribution in [2.45, 2.75) is 13.0 Å². The van der Waals surface area contributed by atoms with Gasteiger partial charge in [0.25, 0.3) is 0 Å². The number of fused-ring (bicyclic) bond motifs is 1. The van der Waals surface area contributed by atoms with Crippen LogP contribution in [-0.4, -0.2) is 43.5 Å². The van der Waals surface area contributed by atoms with Crippen molar-refractivity contribution in [3.63, 3.8) is 0 Å². The fraction of sp³-hybridized carbons (Fsp3) is 0.190. The second-order valence-corrected chi connectivity index (χ2v) is 6.17. The molecule has 0 saturated carbocycles. The number of amides is 1. The zero-order valence-corrected chi connectivity index (χ0v) is 16.5. The van der Waals surface area contributed by atoms with Gasteiger partial charge < -0.3 is 23.7 Å². The fourth-order valence-corrected chi connectivity index (χ4v) is 2.67. The molecular weight excluding hydrogens is 392 g/mol. The Kier molecular flexibility index (Phi) is 6.21. The molecule has 1 atom stereocenters. The van der Waals surface area contributed by atoms with Gasteiger partial charge in [0.05, 0.1) is 20.4 Å². The van der Waals surface area contributed by atoms with Crippen molar-refractivity contribution in [2.75, 3.05) is 14.2 Å². The van der Waals surface area contributed by atoms with Crippen LogP contribution < -0.4 is 19.6 Å². The molecule has 0 aliphatic carbocycles. The first kappa shape index (κ1) is 20.7. The third-order valence-corrected chi connectivity index (χ3v) is 4.19. The molecule has 0 aliphatic heterocycles. The predicted octanol–water partition coefficient (Wildman–Crippen LogP) is 3.07. The molecule has 30 heavy (non-hydrogen) atoms. The molecule has 1 amide bonds. The number of furan rings is 1. The number of hydrogen-bond acceptors (Lipinski definition) is 7. The number of carbonyl (C=O) groups is 2. The smallest absolute Gasteiger partial charge is 0.344 e. The van der Waals surface area contributed by atoms with Crippen molar-refractivity contribution in [1.29, 1.82) is 0 Å². The third kappa shape index (κ3) is 4.35. The van der Waals surface area contributed by atoms with E-state index in [1.807, 2.05) is 0 Å². The number of aliphatic carboxylic acids is 1. The average molecular weight is 412 g/mol. The van der Waals surface area contributed by atoms with E-state index in [1.54, 1.807) is 42.5 Å². The largest absolute Gasteiger partial charge is 0.493 e. The summed E-state index contributed by atoms with van der Waals surface area (Å²) in [5.74, 6) is -0.579. The number of carboxylic acid groups (broad SMARTS) is 1. The summed E-state index contributed by atoms with van der Waals surface area (Å²) in [6, 6.07) is 11.9. The van der Waals surface area contributed by atoms with Crippen LogP contribution in [0.25, 0.3) is 11.0 Å². The van der Waals surface area contributed by atoms with Gasteiger partial charge in [-0.1, -0.05) is 18.2 Å². The number of methoxy groups -OCH3 is 2. The number of carboxylic acids is 1. The van der Waals surface area contributed by atoms with Crippen LogP contribution in [0, 0.1) is 0 Å². The molecule has 156 valence electrons. The summed E-state index contributed by atoms with van der Waals surface area (Å²) < 4.78 is 21.5. The third-order valence-electron chi connectivity index (χ3n) is 4.19. The molecule has 0 bridgehead atoms. The SMILES string of the molecule is COc1cccc(/C=N\NC(=O)c2cc3cccc(OC)c3o2)c1O[C@H](C)C(=O)O. The van der Waals surface area contributed by atoms with E-state index in [1.165, 1.54) is 27.4 Å². The van der Waals surface area contributed by atoms with E-state index in [4.69, 9.17) is 23.7 Å². The van der Waals surface area contributed by atoms with Crippen molar-refractivity contribution in [3.8, 4) is 17.2 Å². The normalized spacial score (nSPS) is 12.0. The monoisotopic (exact) mass is 412 g/mol. The summed E-state index contributed by atoms with van der Waals surface area (Å²) in [6.45, 7) is 1.40. The minimum absolute atomic E-state index is 0.0632. The Morgan fingerprint density at radius 3 is 2.53 bits per heavy atom. The number of para-hydroxylation sites is 2. The van der Waals surface area contributed by atoms with E-state index < -0.39 is 18.0 Å². The van der Waals surface area contributed by atoms with Crippen LogP contribution in [0.1, 0.15) is 23.0 Å². The maximum absolute atomic E-state index is 12.4. The van der Waals surface area contributed by atoms with Gasteiger partial charge in [-0.2, -0.15) is 5.10 Å². The number of carbonyl (C=O) groups excluding carboxylic acids is 1. The molecule has 9 heteroatoms. The minimum atomic E-state index is -1.13. The lowest BCUT2D eigenvalue weighted by molar-refractivity contribution is -0.144. The molecule has 1 aromatic heterocycles. The Bertz CT molecular complexity index is 1100. The van der Waals surface area contributed by atoms with Gasteiger partial charge in [0.2, 0.25) is 0 Å². The summed E-state index contributed by atoms with van der Waals surface area (Å²) in [7, 11) is 2.95. The molecule has 0 aliphatic rings. The molecule has 3 rings (SSSR count). The van der Waals surface area contributed by atoms with Gasteiger partial charge >= 0.3 is 11.9 Å². The zero-order chi connectivity index (χ0) is 21.7. The van der Waals surface area contributed by atoms with Crippen LogP contribution in [0.4, 0.5) is 0 Å². The van der Waals surface area contributed by atoms with E-state index >= 15 is 0 Å². The molecule has 0 spiro atoms. The molecule has 0 fully saturated rings. The molecule has 9 nitrogen and oxygen atoms in total. The molecule has 2 N–H and O–H groups in total. The zero-order valence-electron chi connectivity index (χ0n) is 16.5. The van der Waals surface area contributed by atoms with Gasteiger partial charge in [0, 0.05) is 10.9 Å². The van der Waals surface area contributed by atoms with Crippen molar-refractivity contribution in [2.24, 2.45) is 5.10 Å². The molecular formula is C21H20N2O7. The summed E-state index contributed by atoms with van der Waals surface area (Å²) in [4.78, 5) is 23.5. The highest BCUT2D eigenvalue weighted by Crippen LogP contribution is 2.31. The summed E-state index contributed by atoms with van der Waals surface area (Å²) in [5, 5.41) is 13.7. The minimum Gasteiger partial charge on any atom is -0.493 e. The highest BCUT2D eigenvalue weighted by Gasteiger charge is 2.18. The maximum atomic E-state index is 12.4. The summed E-state index contributed by atoms with van der Waals surface area (Å²) in [6.07, 6.45) is 0.224. The lowest BCUT2D eigenvalue weighted by Crippen LogP contribution is -2.23. The molecule has 1 heterocycles. The van der Waals surface area contributed by atoms with Crippen LogP contribution in [0.2, 0.25) is 0 Å². The Morgan fingerprint density at radius 2 is 1.83 bits per heavy atom. The van der Waals surface area contributed by atoms with Crippen LogP contribution in [0.5, 0.6) is 17.2 Å². The first-order valence-electron chi connectivity index (χ1n) is 8.91. The van der Waals surface area contributed by atoms with Crippen molar-refractivity contribution < 1.29 is 33.3 Å². The van der Waals surface area contributed by atoms with Gasteiger partial charge in [-0.05, 0) is 31.2 Å². The molecule has 0 unspecified atom stereocenters. The van der Waals surface area contributed by atoms with Crippen LogP contribution in [0.3, 0.4) is 0 Å². The van der Waals surface area contributed by atoms with Crippen LogP contribution in [0.15, 0.2) is 52.0 Å². The number of rotatable bonds is 8. The second kappa shape index (κ2) is 8.99. The van der Waals surface area contributed by atoms with Gasteiger partial charge in [0.1, 0.15) is 0 Å². The van der Waals surface area contributed by atoms with Crippen LogP contribution >= 0.6 is 0 Å². The Labute approximate surface area is 171 Å². The summed E-state index contributed by atoms with van der Waals surface area (Å²) >= 11 is 0. The van der Waals surface area contributed by atoms with Crippen molar-refractivity contribution in [3.05, 3.63) is 53.8 Å². The van der Waals surface area contributed by atoms with E-state index in [0.717, 1.165) is 5.39 Å². The Balaban J connectivity index is 1.79. The van der Waals surface area contributed by atoms with Gasteiger partial charge in [0.15, 0.2) is 34.7 Å². The van der Waals surface area contributed by atoms with E-state index in [9.17, 15) is 9.59 Å². The lowest BCUT2D eigenvalue weighted by Gasteiger charge is -2.15. The fourth-order valence-electron chi connectivity index (χ4n) is 2.67. The number of benzene rings is 2. The van der Waals surface area contributed by atoms with E-state index in [0.29, 0.717) is 22.6 Å². The first-order chi connectivity index (χ1) is 14.4. The Morgan fingerprint density at radius 1 is 1.13 bits per heavy atom. The molecule has 0 radical (unpaired) electrons. The van der Waals surface area contributed by atoms with Gasteiger partial charge in [-0.3, -0.25) is 4.79 Å².